The third-order valence-corrected chi connectivity index (χ3v) is 3.50. The number of fused-ring (bicyclic) bond motifs is 1. The molecule has 0 aliphatic heterocycles. The highest BCUT2D eigenvalue weighted by atomic mass is 16.1. The highest BCUT2D eigenvalue weighted by Crippen LogP contribution is 2.52. The Morgan fingerprint density at radius 2 is 2.00 bits per heavy atom. The summed E-state index contributed by atoms with van der Waals surface area (Å²) in [5.74, 6) is 0.399. The van der Waals surface area contributed by atoms with E-state index in [0.29, 0.717) is 5.78 Å². The Kier molecular flexibility index (Phi) is 1.70. The number of Topliss-reactive ketones (excluding diaryl/α,β-unsaturated/α-hetero) is 1. The number of carbonyl (C=O) groups excluding carboxylic acids is 1. The molecule has 1 nitrogen and oxygen atoms in total. The molecule has 2 rings (SSSR count). The zero-order chi connectivity index (χ0) is 9.69. The first-order valence-electron chi connectivity index (χ1n) is 5.17. The van der Waals surface area contributed by atoms with Gasteiger partial charge in [-0.25, -0.2) is 0 Å². The molecule has 0 unspecified atom stereocenters. The Hall–Kier alpha value is -0.590. The molecule has 0 radical (unpaired) electrons. The summed E-state index contributed by atoms with van der Waals surface area (Å²) in [7, 11) is 0. The predicted octanol–water partition coefficient (Wildman–Crippen LogP) is 3.10. The fourth-order valence-electron chi connectivity index (χ4n) is 3.20. The normalized spacial score (nSPS) is 37.2. The molecule has 1 heteroatoms. The molecule has 0 aromatic heterocycles. The Bertz CT molecular complexity index is 285. The lowest BCUT2D eigenvalue weighted by molar-refractivity contribution is -0.121. The van der Waals surface area contributed by atoms with Gasteiger partial charge in [0.05, 0.1) is 0 Å². The van der Waals surface area contributed by atoms with E-state index in [0.717, 1.165) is 18.4 Å². The zero-order valence-corrected chi connectivity index (χ0v) is 8.81. The van der Waals surface area contributed by atoms with Crippen LogP contribution in [0.1, 0.15) is 46.5 Å². The van der Waals surface area contributed by atoms with E-state index in [1.54, 1.807) is 0 Å². The number of hydrogen-bond donors (Lipinski definition) is 0. The van der Waals surface area contributed by atoms with Crippen molar-refractivity contribution in [1.82, 2.24) is 0 Å². The number of carbonyl (C=O) groups is 1. The summed E-state index contributed by atoms with van der Waals surface area (Å²) in [6.07, 6.45) is 6.37. The smallest absolute Gasteiger partial charge is 0.159 e. The maximum absolute atomic E-state index is 11.8. The quantitative estimate of drug-likeness (QED) is 0.557. The van der Waals surface area contributed by atoms with Crippen LogP contribution in [0.5, 0.6) is 0 Å². The molecule has 1 atom stereocenters. The van der Waals surface area contributed by atoms with Crippen LogP contribution in [-0.4, -0.2) is 5.78 Å². The fourth-order valence-corrected chi connectivity index (χ4v) is 3.20. The van der Waals surface area contributed by atoms with Crippen molar-refractivity contribution in [3.05, 3.63) is 11.6 Å². The SMILES string of the molecule is CC1(C)CC(=O)C2=CCC[C@]2(C)C1. The standard InChI is InChI=1S/C12H18O/c1-11(2)7-10(13)9-5-4-6-12(9,3)8-11/h5H,4,6-8H2,1-3H3/t12-/m1/s1. The molecule has 2 aliphatic rings. The van der Waals surface area contributed by atoms with Gasteiger partial charge in [0.15, 0.2) is 5.78 Å². The second-order valence-corrected chi connectivity index (χ2v) is 5.66. The van der Waals surface area contributed by atoms with Crippen LogP contribution in [0.15, 0.2) is 11.6 Å². The van der Waals surface area contributed by atoms with Gasteiger partial charge in [0.2, 0.25) is 0 Å². The van der Waals surface area contributed by atoms with Gasteiger partial charge in [0, 0.05) is 6.42 Å². The molecule has 0 spiro atoms. The van der Waals surface area contributed by atoms with Crippen molar-refractivity contribution in [3.63, 3.8) is 0 Å². The van der Waals surface area contributed by atoms with E-state index in [2.05, 4.69) is 26.8 Å². The van der Waals surface area contributed by atoms with Crippen molar-refractivity contribution in [2.24, 2.45) is 10.8 Å². The first kappa shape index (κ1) is 8.98. The van der Waals surface area contributed by atoms with Crippen LogP contribution in [0.3, 0.4) is 0 Å². The topological polar surface area (TPSA) is 17.1 Å². The van der Waals surface area contributed by atoms with Gasteiger partial charge < -0.3 is 0 Å². The van der Waals surface area contributed by atoms with Gasteiger partial charge in [-0.3, -0.25) is 4.79 Å². The van der Waals surface area contributed by atoms with Crippen molar-refractivity contribution in [1.29, 1.82) is 0 Å². The Labute approximate surface area is 80.2 Å². The molecule has 0 saturated heterocycles. The van der Waals surface area contributed by atoms with E-state index in [4.69, 9.17) is 0 Å². The van der Waals surface area contributed by atoms with Gasteiger partial charge >= 0.3 is 0 Å². The third-order valence-electron chi connectivity index (χ3n) is 3.50. The summed E-state index contributed by atoms with van der Waals surface area (Å²) in [4.78, 5) is 11.8. The molecular weight excluding hydrogens is 160 g/mol. The lowest BCUT2D eigenvalue weighted by Crippen LogP contribution is -2.36. The van der Waals surface area contributed by atoms with Crippen molar-refractivity contribution in [2.45, 2.75) is 46.5 Å². The molecule has 2 aliphatic carbocycles. The monoisotopic (exact) mass is 178 g/mol. The van der Waals surface area contributed by atoms with E-state index >= 15 is 0 Å². The molecule has 0 aromatic carbocycles. The molecule has 0 amide bonds. The highest BCUT2D eigenvalue weighted by molar-refractivity contribution is 5.98. The maximum Gasteiger partial charge on any atom is 0.159 e. The molecular formula is C12H18O. The van der Waals surface area contributed by atoms with Crippen LogP contribution in [0.25, 0.3) is 0 Å². The minimum absolute atomic E-state index is 0.207. The van der Waals surface area contributed by atoms with Gasteiger partial charge in [0.25, 0.3) is 0 Å². The van der Waals surface area contributed by atoms with E-state index < -0.39 is 0 Å². The van der Waals surface area contributed by atoms with Gasteiger partial charge in [-0.15, -0.1) is 0 Å². The molecule has 0 bridgehead atoms. The van der Waals surface area contributed by atoms with Crippen LogP contribution in [0, 0.1) is 10.8 Å². The Morgan fingerprint density at radius 3 is 2.69 bits per heavy atom. The van der Waals surface area contributed by atoms with Gasteiger partial charge in [-0.1, -0.05) is 26.8 Å². The maximum atomic E-state index is 11.8. The Balaban J connectivity index is 2.36. The highest BCUT2D eigenvalue weighted by Gasteiger charge is 2.45. The van der Waals surface area contributed by atoms with E-state index in [-0.39, 0.29) is 10.8 Å². The van der Waals surface area contributed by atoms with E-state index in [1.165, 1.54) is 12.8 Å². The second kappa shape index (κ2) is 2.46. The molecule has 0 aromatic rings. The largest absolute Gasteiger partial charge is 0.295 e. The molecule has 72 valence electrons. The summed E-state index contributed by atoms with van der Waals surface area (Å²) >= 11 is 0. The average molecular weight is 178 g/mol. The summed E-state index contributed by atoms with van der Waals surface area (Å²) in [5, 5.41) is 0. The zero-order valence-electron chi connectivity index (χ0n) is 8.81. The lowest BCUT2D eigenvalue weighted by Gasteiger charge is -2.41. The van der Waals surface area contributed by atoms with Crippen molar-refractivity contribution in [3.8, 4) is 0 Å². The fraction of sp³-hybridized carbons (Fsp3) is 0.750. The van der Waals surface area contributed by atoms with Crippen molar-refractivity contribution < 1.29 is 4.79 Å². The molecule has 1 fully saturated rings. The molecule has 0 N–H and O–H groups in total. The Morgan fingerprint density at radius 1 is 1.31 bits per heavy atom. The van der Waals surface area contributed by atoms with Crippen molar-refractivity contribution >= 4 is 5.78 Å². The van der Waals surface area contributed by atoms with E-state index in [9.17, 15) is 4.79 Å². The van der Waals surface area contributed by atoms with Crippen LogP contribution in [-0.2, 0) is 4.79 Å². The number of ketones is 1. The van der Waals surface area contributed by atoms with E-state index in [1.807, 2.05) is 0 Å². The summed E-state index contributed by atoms with van der Waals surface area (Å²) in [6, 6.07) is 0. The minimum Gasteiger partial charge on any atom is -0.295 e. The average Bonchev–Trinajstić information content (AvgIpc) is 2.26. The minimum atomic E-state index is 0.207. The number of allylic oxidation sites excluding steroid dienone is 2. The molecule has 13 heavy (non-hydrogen) atoms. The summed E-state index contributed by atoms with van der Waals surface area (Å²) < 4.78 is 0. The predicted molar refractivity (Wildman–Crippen MR) is 53.4 cm³/mol. The van der Waals surface area contributed by atoms with Gasteiger partial charge in [-0.2, -0.15) is 0 Å². The van der Waals surface area contributed by atoms with Gasteiger partial charge in [-0.05, 0) is 35.7 Å². The van der Waals surface area contributed by atoms with Crippen LogP contribution in [0.2, 0.25) is 0 Å². The second-order valence-electron chi connectivity index (χ2n) is 5.66. The lowest BCUT2D eigenvalue weighted by atomic mass is 9.62. The van der Waals surface area contributed by atoms with Gasteiger partial charge in [0.1, 0.15) is 0 Å². The number of rotatable bonds is 0. The van der Waals surface area contributed by atoms with Crippen LogP contribution in [0.4, 0.5) is 0 Å². The third kappa shape index (κ3) is 1.34. The van der Waals surface area contributed by atoms with Crippen LogP contribution < -0.4 is 0 Å². The molecule has 0 heterocycles. The molecule has 1 saturated carbocycles. The number of hydrogen-bond acceptors (Lipinski definition) is 1. The van der Waals surface area contributed by atoms with Crippen molar-refractivity contribution in [2.75, 3.05) is 0 Å². The first-order valence-corrected chi connectivity index (χ1v) is 5.17. The first-order chi connectivity index (χ1) is 5.93. The van der Waals surface area contributed by atoms with Crippen LogP contribution >= 0.6 is 0 Å². The summed E-state index contributed by atoms with van der Waals surface area (Å²) in [5.41, 5.74) is 1.55. The summed E-state index contributed by atoms with van der Waals surface area (Å²) in [6.45, 7) is 6.68.